The largest absolute Gasteiger partial charge is 0.487 e. The molecule has 1 N–H and O–H groups in total. The van der Waals surface area contributed by atoms with Crippen molar-refractivity contribution in [1.82, 2.24) is 0 Å². The molecule has 1 rings (SSSR count). The van der Waals surface area contributed by atoms with E-state index in [2.05, 4.69) is 0 Å². The van der Waals surface area contributed by atoms with E-state index in [1.165, 1.54) is 24.3 Å². The number of nitro benzene ring substituents is 1. The van der Waals surface area contributed by atoms with E-state index in [4.69, 9.17) is 9.84 Å². The van der Waals surface area contributed by atoms with E-state index in [1.54, 1.807) is 0 Å². The number of nitro groups is 1. The summed E-state index contributed by atoms with van der Waals surface area (Å²) in [7, 11) is 0. The predicted octanol–water partition coefficient (Wildman–Crippen LogP) is 2.43. The molecule has 0 heterocycles. The van der Waals surface area contributed by atoms with Gasteiger partial charge < -0.3 is 9.84 Å². The Balaban J connectivity index is 2.96. The number of carbonyl (C=O) groups is 1. The van der Waals surface area contributed by atoms with Gasteiger partial charge in [-0.05, 0) is 23.8 Å². The number of hydrogen-bond donors (Lipinski definition) is 1. The standard InChI is InChI=1S/C12H12FNO5/c13-6-1-7-19-11-8-9(3-5-12(15)16)2-4-10(11)14(17)18/h2-5,8H,1,6-7H2,(H,15,16)/b5-3+. The zero-order valence-electron chi connectivity index (χ0n) is 9.91. The molecule has 6 nitrogen and oxygen atoms in total. The van der Waals surface area contributed by atoms with Crippen LogP contribution in [0.4, 0.5) is 10.1 Å². The van der Waals surface area contributed by atoms with E-state index in [0.717, 1.165) is 6.08 Å². The second-order valence-electron chi connectivity index (χ2n) is 3.55. The number of benzene rings is 1. The van der Waals surface area contributed by atoms with Gasteiger partial charge in [-0.25, -0.2) is 4.79 Å². The molecule has 0 amide bonds. The van der Waals surface area contributed by atoms with Crippen molar-refractivity contribution in [2.24, 2.45) is 0 Å². The molecule has 0 aliphatic rings. The SMILES string of the molecule is O=C(O)/C=C/c1ccc([N+](=O)[O-])c(OCCCF)c1. The maximum absolute atomic E-state index is 12.0. The Morgan fingerprint density at radius 3 is 2.84 bits per heavy atom. The zero-order chi connectivity index (χ0) is 14.3. The molecule has 7 heteroatoms. The van der Waals surface area contributed by atoms with Crippen LogP contribution in [0.5, 0.6) is 5.75 Å². The van der Waals surface area contributed by atoms with Gasteiger partial charge in [-0.15, -0.1) is 0 Å². The van der Waals surface area contributed by atoms with Crippen LogP contribution in [0.15, 0.2) is 24.3 Å². The number of alkyl halides is 1. The first-order valence-electron chi connectivity index (χ1n) is 5.43. The Kier molecular flexibility index (Phi) is 5.46. The fraction of sp³-hybridized carbons (Fsp3) is 0.250. The number of rotatable bonds is 7. The Morgan fingerprint density at radius 2 is 2.26 bits per heavy atom. The minimum atomic E-state index is -1.13. The van der Waals surface area contributed by atoms with Crippen LogP contribution in [0.3, 0.4) is 0 Å². The molecule has 0 spiro atoms. The van der Waals surface area contributed by atoms with Crippen molar-refractivity contribution >= 4 is 17.7 Å². The highest BCUT2D eigenvalue weighted by molar-refractivity contribution is 5.85. The normalized spacial score (nSPS) is 10.6. The lowest BCUT2D eigenvalue weighted by Crippen LogP contribution is -2.01. The fourth-order valence-corrected chi connectivity index (χ4v) is 1.31. The van der Waals surface area contributed by atoms with E-state index in [0.29, 0.717) is 5.56 Å². The average Bonchev–Trinajstić information content (AvgIpc) is 2.36. The third kappa shape index (κ3) is 4.74. The summed E-state index contributed by atoms with van der Waals surface area (Å²) in [5, 5.41) is 19.3. The molecule has 0 atom stereocenters. The van der Waals surface area contributed by atoms with Gasteiger partial charge in [0.15, 0.2) is 5.75 Å². The summed E-state index contributed by atoms with van der Waals surface area (Å²) in [4.78, 5) is 20.5. The highest BCUT2D eigenvalue weighted by atomic mass is 19.1. The van der Waals surface area contributed by atoms with Gasteiger partial charge in [-0.3, -0.25) is 14.5 Å². The summed E-state index contributed by atoms with van der Waals surface area (Å²) in [6.07, 6.45) is 2.33. The highest BCUT2D eigenvalue weighted by Crippen LogP contribution is 2.28. The summed E-state index contributed by atoms with van der Waals surface area (Å²) in [6, 6.07) is 3.96. The van der Waals surface area contributed by atoms with E-state index in [9.17, 15) is 19.3 Å². The molecule has 0 saturated carbocycles. The van der Waals surface area contributed by atoms with Crippen LogP contribution in [0.25, 0.3) is 6.08 Å². The molecule has 0 saturated heterocycles. The first kappa shape index (κ1) is 14.6. The van der Waals surface area contributed by atoms with Gasteiger partial charge in [-0.2, -0.15) is 0 Å². The van der Waals surface area contributed by atoms with E-state index in [-0.39, 0.29) is 24.5 Å². The quantitative estimate of drug-likeness (QED) is 0.355. The van der Waals surface area contributed by atoms with Gasteiger partial charge in [0.1, 0.15) is 0 Å². The Morgan fingerprint density at radius 1 is 1.53 bits per heavy atom. The molecule has 1 aromatic rings. The molecule has 102 valence electrons. The second-order valence-corrected chi connectivity index (χ2v) is 3.55. The first-order chi connectivity index (χ1) is 9.04. The summed E-state index contributed by atoms with van der Waals surface area (Å²) >= 11 is 0. The third-order valence-corrected chi connectivity index (χ3v) is 2.13. The minimum absolute atomic E-state index is 0.00834. The van der Waals surface area contributed by atoms with Crippen molar-refractivity contribution in [3.05, 3.63) is 40.0 Å². The lowest BCUT2D eigenvalue weighted by atomic mass is 10.1. The topological polar surface area (TPSA) is 89.7 Å². The molecule has 0 fully saturated rings. The second kappa shape index (κ2) is 7.10. The van der Waals surface area contributed by atoms with Gasteiger partial charge in [-0.1, -0.05) is 0 Å². The predicted molar refractivity (Wildman–Crippen MR) is 65.9 cm³/mol. The van der Waals surface area contributed by atoms with Crippen molar-refractivity contribution < 1.29 is 24.0 Å². The van der Waals surface area contributed by atoms with Gasteiger partial charge in [0, 0.05) is 18.6 Å². The molecule has 0 aliphatic heterocycles. The van der Waals surface area contributed by atoms with Gasteiger partial charge in [0.2, 0.25) is 0 Å². The van der Waals surface area contributed by atoms with Crippen LogP contribution in [0.2, 0.25) is 0 Å². The Labute approximate surface area is 108 Å². The average molecular weight is 269 g/mol. The number of hydrogen-bond acceptors (Lipinski definition) is 4. The van der Waals surface area contributed by atoms with Crippen LogP contribution >= 0.6 is 0 Å². The highest BCUT2D eigenvalue weighted by Gasteiger charge is 2.15. The molecule has 0 bridgehead atoms. The third-order valence-electron chi connectivity index (χ3n) is 2.13. The number of carboxylic acid groups (broad SMARTS) is 1. The van der Waals surface area contributed by atoms with Crippen molar-refractivity contribution in [1.29, 1.82) is 0 Å². The van der Waals surface area contributed by atoms with Crippen LogP contribution in [0.1, 0.15) is 12.0 Å². The summed E-state index contributed by atoms with van der Waals surface area (Å²) in [5.74, 6) is -1.13. The summed E-state index contributed by atoms with van der Waals surface area (Å²) in [5.41, 5.74) is 0.203. The number of carboxylic acids is 1. The molecule has 1 aromatic carbocycles. The van der Waals surface area contributed by atoms with E-state index in [1.807, 2.05) is 0 Å². The lowest BCUT2D eigenvalue weighted by molar-refractivity contribution is -0.385. The van der Waals surface area contributed by atoms with Crippen LogP contribution in [-0.2, 0) is 4.79 Å². The van der Waals surface area contributed by atoms with E-state index >= 15 is 0 Å². The fourth-order valence-electron chi connectivity index (χ4n) is 1.31. The Bertz CT molecular complexity index is 501. The smallest absolute Gasteiger partial charge is 0.328 e. The summed E-state index contributed by atoms with van der Waals surface area (Å²) < 4.78 is 17.1. The Hall–Kier alpha value is -2.44. The molecule has 0 unspecified atom stereocenters. The minimum Gasteiger partial charge on any atom is -0.487 e. The number of nitrogens with zero attached hydrogens (tertiary/aromatic N) is 1. The zero-order valence-corrected chi connectivity index (χ0v) is 9.91. The maximum Gasteiger partial charge on any atom is 0.328 e. The molecular formula is C12H12FNO5. The van der Waals surface area contributed by atoms with Gasteiger partial charge in [0.05, 0.1) is 18.2 Å². The first-order valence-corrected chi connectivity index (χ1v) is 5.43. The molecular weight excluding hydrogens is 257 g/mol. The van der Waals surface area contributed by atoms with Gasteiger partial charge >= 0.3 is 11.7 Å². The summed E-state index contributed by atoms with van der Waals surface area (Å²) in [6.45, 7) is -0.560. The molecule has 0 radical (unpaired) electrons. The number of aliphatic carboxylic acids is 1. The van der Waals surface area contributed by atoms with Crippen LogP contribution < -0.4 is 4.74 Å². The maximum atomic E-state index is 12.0. The van der Waals surface area contributed by atoms with E-state index < -0.39 is 17.6 Å². The monoisotopic (exact) mass is 269 g/mol. The van der Waals surface area contributed by atoms with Crippen molar-refractivity contribution in [3.63, 3.8) is 0 Å². The van der Waals surface area contributed by atoms with Gasteiger partial charge in [0.25, 0.3) is 0 Å². The molecule has 0 aromatic heterocycles. The van der Waals surface area contributed by atoms with Crippen molar-refractivity contribution in [2.45, 2.75) is 6.42 Å². The molecule has 19 heavy (non-hydrogen) atoms. The van der Waals surface area contributed by atoms with Crippen molar-refractivity contribution in [3.8, 4) is 5.75 Å². The lowest BCUT2D eigenvalue weighted by Gasteiger charge is -2.06. The number of halogens is 1. The van der Waals surface area contributed by atoms with Crippen LogP contribution in [-0.4, -0.2) is 29.3 Å². The molecule has 0 aliphatic carbocycles. The van der Waals surface area contributed by atoms with Crippen molar-refractivity contribution in [2.75, 3.05) is 13.3 Å². The number of ether oxygens (including phenoxy) is 1. The van der Waals surface area contributed by atoms with Crippen LogP contribution in [0, 0.1) is 10.1 Å².